The van der Waals surface area contributed by atoms with Crippen LogP contribution in [0.3, 0.4) is 0 Å². The summed E-state index contributed by atoms with van der Waals surface area (Å²) in [5, 5.41) is 8.64. The minimum atomic E-state index is 0.137. The van der Waals surface area contributed by atoms with Gasteiger partial charge in [-0.25, -0.2) is 0 Å². The molecule has 4 heteroatoms. The van der Waals surface area contributed by atoms with Crippen molar-refractivity contribution in [2.75, 3.05) is 6.54 Å². The average molecular weight is 285 g/mol. The lowest BCUT2D eigenvalue weighted by Crippen LogP contribution is -2.29. The van der Waals surface area contributed by atoms with Crippen molar-refractivity contribution in [1.29, 1.82) is 0 Å². The highest BCUT2D eigenvalue weighted by Gasteiger charge is 2.15. The fourth-order valence-corrected chi connectivity index (χ4v) is 3.19. The first-order chi connectivity index (χ1) is 10.2. The number of aromatic nitrogens is 2. The molecule has 2 aromatic rings. The number of nitrogens with one attached hydrogen (secondary N) is 1. The van der Waals surface area contributed by atoms with E-state index < -0.39 is 0 Å². The SMILES string of the molecule is Cc1cccc2c1cnn2CCC(=O)NCC1CCCC1. The first-order valence-corrected chi connectivity index (χ1v) is 7.92. The van der Waals surface area contributed by atoms with Gasteiger partial charge >= 0.3 is 0 Å². The molecule has 0 saturated heterocycles. The number of nitrogens with zero attached hydrogens (tertiary/aromatic N) is 2. The second-order valence-electron chi connectivity index (χ2n) is 6.08. The molecule has 21 heavy (non-hydrogen) atoms. The largest absolute Gasteiger partial charge is 0.356 e. The number of hydrogen-bond donors (Lipinski definition) is 1. The quantitative estimate of drug-likeness (QED) is 0.918. The molecule has 4 nitrogen and oxygen atoms in total. The number of fused-ring (bicyclic) bond motifs is 1. The highest BCUT2D eigenvalue weighted by molar-refractivity contribution is 5.82. The highest BCUT2D eigenvalue weighted by atomic mass is 16.1. The predicted molar refractivity (Wildman–Crippen MR) is 84.1 cm³/mol. The molecule has 0 unspecified atom stereocenters. The van der Waals surface area contributed by atoms with Crippen LogP contribution in [0.15, 0.2) is 24.4 Å². The van der Waals surface area contributed by atoms with Crippen LogP contribution in [0.25, 0.3) is 10.9 Å². The van der Waals surface area contributed by atoms with Crippen molar-refractivity contribution in [2.24, 2.45) is 5.92 Å². The van der Waals surface area contributed by atoms with Crippen LogP contribution in [0.5, 0.6) is 0 Å². The Labute approximate surface area is 125 Å². The van der Waals surface area contributed by atoms with Crippen molar-refractivity contribution < 1.29 is 4.79 Å². The zero-order chi connectivity index (χ0) is 14.7. The van der Waals surface area contributed by atoms with Crippen LogP contribution in [-0.2, 0) is 11.3 Å². The molecular formula is C17H23N3O. The second-order valence-corrected chi connectivity index (χ2v) is 6.08. The minimum Gasteiger partial charge on any atom is -0.356 e. The summed E-state index contributed by atoms with van der Waals surface area (Å²) in [6.07, 6.45) is 7.56. The normalized spacial score (nSPS) is 15.7. The van der Waals surface area contributed by atoms with Gasteiger partial charge in [-0.2, -0.15) is 5.10 Å². The number of benzene rings is 1. The third-order valence-corrected chi connectivity index (χ3v) is 4.52. The molecule has 1 aliphatic rings. The van der Waals surface area contributed by atoms with Gasteiger partial charge in [-0.3, -0.25) is 9.48 Å². The highest BCUT2D eigenvalue weighted by Crippen LogP contribution is 2.23. The molecule has 1 heterocycles. The van der Waals surface area contributed by atoms with Gasteiger partial charge in [-0.05, 0) is 37.3 Å². The number of carbonyl (C=O) groups excluding carboxylic acids is 1. The summed E-state index contributed by atoms with van der Waals surface area (Å²) in [6.45, 7) is 3.57. The van der Waals surface area contributed by atoms with Gasteiger partial charge in [-0.1, -0.05) is 25.0 Å². The number of carbonyl (C=O) groups is 1. The molecular weight excluding hydrogens is 262 g/mol. The Morgan fingerprint density at radius 3 is 3.00 bits per heavy atom. The summed E-state index contributed by atoms with van der Waals surface area (Å²) >= 11 is 0. The van der Waals surface area contributed by atoms with Crippen molar-refractivity contribution >= 4 is 16.8 Å². The fourth-order valence-electron chi connectivity index (χ4n) is 3.19. The summed E-state index contributed by atoms with van der Waals surface area (Å²) in [5.41, 5.74) is 2.34. The molecule has 0 aliphatic heterocycles. The van der Waals surface area contributed by atoms with E-state index in [0.717, 1.165) is 12.1 Å². The molecule has 0 radical (unpaired) electrons. The zero-order valence-corrected chi connectivity index (χ0v) is 12.6. The summed E-state index contributed by atoms with van der Waals surface area (Å²) < 4.78 is 1.93. The topological polar surface area (TPSA) is 46.9 Å². The molecule has 112 valence electrons. The summed E-state index contributed by atoms with van der Waals surface area (Å²) in [7, 11) is 0. The van der Waals surface area contributed by atoms with E-state index in [4.69, 9.17) is 0 Å². The Bertz CT molecular complexity index is 626. The monoisotopic (exact) mass is 285 g/mol. The van der Waals surface area contributed by atoms with Crippen LogP contribution >= 0.6 is 0 Å². The summed E-state index contributed by atoms with van der Waals surface area (Å²) in [5.74, 6) is 0.834. The van der Waals surface area contributed by atoms with E-state index >= 15 is 0 Å². The summed E-state index contributed by atoms with van der Waals surface area (Å²) in [6, 6.07) is 6.18. The molecule has 1 amide bonds. The molecule has 1 aromatic heterocycles. The molecule has 3 rings (SSSR count). The van der Waals surface area contributed by atoms with Crippen LogP contribution in [-0.4, -0.2) is 22.2 Å². The van der Waals surface area contributed by atoms with Crippen LogP contribution in [0.1, 0.15) is 37.7 Å². The van der Waals surface area contributed by atoms with Gasteiger partial charge in [0.1, 0.15) is 0 Å². The van der Waals surface area contributed by atoms with Gasteiger partial charge in [0, 0.05) is 18.4 Å². The van der Waals surface area contributed by atoms with Gasteiger partial charge in [0.05, 0.1) is 18.3 Å². The van der Waals surface area contributed by atoms with E-state index in [1.807, 2.05) is 16.9 Å². The third-order valence-electron chi connectivity index (χ3n) is 4.52. The lowest BCUT2D eigenvalue weighted by atomic mass is 10.1. The number of aryl methyl sites for hydroxylation is 2. The lowest BCUT2D eigenvalue weighted by molar-refractivity contribution is -0.121. The van der Waals surface area contributed by atoms with Gasteiger partial charge in [0.2, 0.25) is 5.91 Å². The maximum atomic E-state index is 11.9. The van der Waals surface area contributed by atoms with Crippen LogP contribution in [0, 0.1) is 12.8 Å². The maximum absolute atomic E-state index is 11.9. The zero-order valence-electron chi connectivity index (χ0n) is 12.6. The van der Waals surface area contributed by atoms with Crippen molar-refractivity contribution in [3.63, 3.8) is 0 Å². The van der Waals surface area contributed by atoms with E-state index in [1.54, 1.807) is 0 Å². The minimum absolute atomic E-state index is 0.137. The molecule has 1 fully saturated rings. The maximum Gasteiger partial charge on any atom is 0.221 e. The smallest absolute Gasteiger partial charge is 0.221 e. The van der Waals surface area contributed by atoms with E-state index in [0.29, 0.717) is 18.9 Å². The van der Waals surface area contributed by atoms with Crippen LogP contribution < -0.4 is 5.32 Å². The molecule has 0 spiro atoms. The Morgan fingerprint density at radius 2 is 2.19 bits per heavy atom. The van der Waals surface area contributed by atoms with E-state index in [2.05, 4.69) is 29.5 Å². The Kier molecular flexibility index (Phi) is 4.23. The van der Waals surface area contributed by atoms with Gasteiger partial charge in [0.15, 0.2) is 0 Å². The predicted octanol–water partition coefficient (Wildman–Crippen LogP) is 3.04. The number of amides is 1. The van der Waals surface area contributed by atoms with Gasteiger partial charge in [0.25, 0.3) is 0 Å². The van der Waals surface area contributed by atoms with Crippen molar-refractivity contribution in [2.45, 2.75) is 45.6 Å². The third kappa shape index (κ3) is 3.26. The van der Waals surface area contributed by atoms with Gasteiger partial charge < -0.3 is 5.32 Å². The number of hydrogen-bond acceptors (Lipinski definition) is 2. The lowest BCUT2D eigenvalue weighted by Gasteiger charge is -2.10. The standard InChI is InChI=1S/C17H23N3O/c1-13-5-4-8-16-15(13)12-19-20(16)10-9-17(21)18-11-14-6-2-3-7-14/h4-5,8,12,14H,2-3,6-7,9-11H2,1H3,(H,18,21). The Hall–Kier alpha value is -1.84. The first-order valence-electron chi connectivity index (χ1n) is 7.92. The van der Waals surface area contributed by atoms with Crippen molar-refractivity contribution in [3.8, 4) is 0 Å². The van der Waals surface area contributed by atoms with E-state index in [1.165, 1.54) is 36.6 Å². The molecule has 1 N–H and O–H groups in total. The molecule has 0 atom stereocenters. The molecule has 1 aromatic carbocycles. The molecule has 1 aliphatic carbocycles. The van der Waals surface area contributed by atoms with Crippen molar-refractivity contribution in [3.05, 3.63) is 30.0 Å². The first kappa shape index (κ1) is 14.1. The van der Waals surface area contributed by atoms with Crippen LogP contribution in [0.2, 0.25) is 0 Å². The second kappa shape index (κ2) is 6.29. The molecule has 1 saturated carbocycles. The fraction of sp³-hybridized carbons (Fsp3) is 0.529. The molecule has 0 bridgehead atoms. The Balaban J connectivity index is 1.53. The van der Waals surface area contributed by atoms with E-state index in [-0.39, 0.29) is 5.91 Å². The average Bonchev–Trinajstić information content (AvgIpc) is 3.13. The van der Waals surface area contributed by atoms with Gasteiger partial charge in [-0.15, -0.1) is 0 Å². The Morgan fingerprint density at radius 1 is 1.38 bits per heavy atom. The number of rotatable bonds is 5. The van der Waals surface area contributed by atoms with E-state index in [9.17, 15) is 4.79 Å². The van der Waals surface area contributed by atoms with Crippen molar-refractivity contribution in [1.82, 2.24) is 15.1 Å². The summed E-state index contributed by atoms with van der Waals surface area (Å²) in [4.78, 5) is 11.9. The van der Waals surface area contributed by atoms with Crippen LogP contribution in [0.4, 0.5) is 0 Å².